The molecule has 116 valence electrons. The van der Waals surface area contributed by atoms with Gasteiger partial charge in [0.1, 0.15) is 17.1 Å². The molecule has 1 fully saturated rings. The molecule has 0 bridgehead atoms. The zero-order chi connectivity index (χ0) is 15.6. The van der Waals surface area contributed by atoms with Crippen LogP contribution >= 0.6 is 0 Å². The summed E-state index contributed by atoms with van der Waals surface area (Å²) in [6, 6.07) is 1.14. The van der Waals surface area contributed by atoms with Crippen molar-refractivity contribution in [2.24, 2.45) is 0 Å². The third kappa shape index (κ3) is 4.07. The predicted molar refractivity (Wildman–Crippen MR) is 73.7 cm³/mol. The highest BCUT2D eigenvalue weighted by molar-refractivity contribution is 7.91. The van der Waals surface area contributed by atoms with Crippen LogP contribution < -0.4 is 5.32 Å². The van der Waals surface area contributed by atoms with Gasteiger partial charge in [0.05, 0.1) is 11.5 Å². The number of carbonyl (C=O) groups is 2. The summed E-state index contributed by atoms with van der Waals surface area (Å²) in [5.41, 5.74) is 0.281. The third-order valence-electron chi connectivity index (χ3n) is 3.19. The molecule has 8 heteroatoms. The fraction of sp³-hybridized carbons (Fsp3) is 0.538. The Morgan fingerprint density at radius 1 is 1.43 bits per heavy atom. The van der Waals surface area contributed by atoms with Crippen LogP contribution in [0.4, 0.5) is 0 Å². The van der Waals surface area contributed by atoms with E-state index in [2.05, 4.69) is 5.32 Å². The molecule has 0 spiro atoms. The van der Waals surface area contributed by atoms with E-state index in [-0.39, 0.29) is 17.1 Å². The molecule has 1 aromatic heterocycles. The molecule has 21 heavy (non-hydrogen) atoms. The molecule has 0 radical (unpaired) electrons. The summed E-state index contributed by atoms with van der Waals surface area (Å²) >= 11 is 0. The number of ether oxygens (including phenoxy) is 1. The molecule has 1 amide bonds. The molecule has 1 aromatic rings. The Balaban J connectivity index is 1.82. The van der Waals surface area contributed by atoms with Gasteiger partial charge in [0.15, 0.2) is 16.4 Å². The second-order valence-electron chi connectivity index (χ2n) is 5.07. The van der Waals surface area contributed by atoms with E-state index in [0.29, 0.717) is 17.9 Å². The number of rotatable bonds is 4. The van der Waals surface area contributed by atoms with Crippen molar-refractivity contribution >= 4 is 21.7 Å². The number of sulfone groups is 1. The number of aryl methyl sites for hydroxylation is 2. The summed E-state index contributed by atoms with van der Waals surface area (Å²) in [7, 11) is -3.05. The van der Waals surface area contributed by atoms with E-state index in [1.165, 1.54) is 0 Å². The minimum absolute atomic E-state index is 0.0628. The van der Waals surface area contributed by atoms with E-state index >= 15 is 0 Å². The van der Waals surface area contributed by atoms with Gasteiger partial charge in [-0.05, 0) is 26.3 Å². The van der Waals surface area contributed by atoms with Crippen LogP contribution in [0.25, 0.3) is 0 Å². The molecule has 1 saturated heterocycles. The standard InChI is InChI=1S/C13H17NO6S/c1-8-5-11(9(2)20-8)13(16)19-6-12(15)14-10-3-4-21(17,18)7-10/h5,10H,3-4,6-7H2,1-2H3,(H,14,15)/t10-/m0/s1. The first kappa shape index (κ1) is 15.6. The van der Waals surface area contributed by atoms with Crippen LogP contribution in [0.1, 0.15) is 28.3 Å². The molecular formula is C13H17NO6S. The second-order valence-corrected chi connectivity index (χ2v) is 7.30. The van der Waals surface area contributed by atoms with Crippen molar-refractivity contribution < 1.29 is 27.2 Å². The number of hydrogen-bond donors (Lipinski definition) is 1. The number of amides is 1. The summed E-state index contributed by atoms with van der Waals surface area (Å²) in [6.07, 6.45) is 0.391. The number of esters is 1. The number of furan rings is 1. The van der Waals surface area contributed by atoms with Crippen LogP contribution in [-0.2, 0) is 19.4 Å². The Morgan fingerprint density at radius 2 is 2.14 bits per heavy atom. The molecule has 0 aromatic carbocycles. The maximum Gasteiger partial charge on any atom is 0.342 e. The van der Waals surface area contributed by atoms with Crippen LogP contribution in [0.3, 0.4) is 0 Å². The van der Waals surface area contributed by atoms with Gasteiger partial charge in [0.2, 0.25) is 0 Å². The highest BCUT2D eigenvalue weighted by Crippen LogP contribution is 2.15. The Hall–Kier alpha value is -1.83. The lowest BCUT2D eigenvalue weighted by atomic mass is 10.2. The largest absolute Gasteiger partial charge is 0.466 e. The van der Waals surface area contributed by atoms with E-state index in [0.717, 1.165) is 0 Å². The van der Waals surface area contributed by atoms with Crippen molar-refractivity contribution in [1.82, 2.24) is 5.32 Å². The molecular weight excluding hydrogens is 298 g/mol. The minimum Gasteiger partial charge on any atom is -0.466 e. The number of carbonyl (C=O) groups excluding carboxylic acids is 2. The first-order valence-corrected chi connectivity index (χ1v) is 8.33. The maximum atomic E-state index is 11.8. The number of nitrogens with one attached hydrogen (secondary N) is 1. The first-order chi connectivity index (χ1) is 9.77. The lowest BCUT2D eigenvalue weighted by molar-refractivity contribution is -0.124. The molecule has 1 atom stereocenters. The highest BCUT2D eigenvalue weighted by Gasteiger charge is 2.29. The summed E-state index contributed by atoms with van der Waals surface area (Å²) in [5.74, 6) is -0.125. The van der Waals surface area contributed by atoms with E-state index in [1.54, 1.807) is 19.9 Å². The van der Waals surface area contributed by atoms with E-state index in [1.807, 2.05) is 0 Å². The number of hydrogen-bond acceptors (Lipinski definition) is 6. The zero-order valence-electron chi connectivity index (χ0n) is 11.8. The van der Waals surface area contributed by atoms with Crippen LogP contribution in [0.15, 0.2) is 10.5 Å². The lowest BCUT2D eigenvalue weighted by Gasteiger charge is -2.10. The monoisotopic (exact) mass is 315 g/mol. The van der Waals surface area contributed by atoms with Crippen LogP contribution in [-0.4, -0.2) is 44.4 Å². The van der Waals surface area contributed by atoms with E-state index < -0.39 is 34.4 Å². The molecule has 1 aliphatic heterocycles. The van der Waals surface area contributed by atoms with E-state index in [4.69, 9.17) is 9.15 Å². The lowest BCUT2D eigenvalue weighted by Crippen LogP contribution is -2.38. The van der Waals surface area contributed by atoms with Crippen molar-refractivity contribution in [3.63, 3.8) is 0 Å². The van der Waals surface area contributed by atoms with Crippen molar-refractivity contribution in [1.29, 1.82) is 0 Å². The fourth-order valence-corrected chi connectivity index (χ4v) is 3.89. The summed E-state index contributed by atoms with van der Waals surface area (Å²) in [4.78, 5) is 23.4. The average molecular weight is 315 g/mol. The molecule has 1 N–H and O–H groups in total. The molecule has 0 unspecified atom stereocenters. The summed E-state index contributed by atoms with van der Waals surface area (Å²) in [6.45, 7) is 2.89. The molecule has 0 saturated carbocycles. The zero-order valence-corrected chi connectivity index (χ0v) is 12.7. The molecule has 2 rings (SSSR count). The molecule has 2 heterocycles. The fourth-order valence-electron chi connectivity index (χ4n) is 2.22. The quantitative estimate of drug-likeness (QED) is 0.805. The topological polar surface area (TPSA) is 103 Å². The van der Waals surface area contributed by atoms with Crippen molar-refractivity contribution in [3.8, 4) is 0 Å². The maximum absolute atomic E-state index is 11.8. The molecule has 1 aliphatic rings. The third-order valence-corrected chi connectivity index (χ3v) is 4.96. The second kappa shape index (κ2) is 5.88. The van der Waals surface area contributed by atoms with Gasteiger partial charge in [-0.3, -0.25) is 4.79 Å². The van der Waals surface area contributed by atoms with Gasteiger partial charge in [0.25, 0.3) is 5.91 Å². The smallest absolute Gasteiger partial charge is 0.342 e. The van der Waals surface area contributed by atoms with Crippen molar-refractivity contribution in [3.05, 3.63) is 23.2 Å². The summed E-state index contributed by atoms with van der Waals surface area (Å²) in [5, 5.41) is 2.54. The normalized spacial score (nSPS) is 20.2. The van der Waals surface area contributed by atoms with Crippen molar-refractivity contribution in [2.45, 2.75) is 26.3 Å². The summed E-state index contributed by atoms with van der Waals surface area (Å²) < 4.78 is 32.6. The Kier molecular flexibility index (Phi) is 4.36. The first-order valence-electron chi connectivity index (χ1n) is 6.51. The Bertz CT molecular complexity index is 660. The van der Waals surface area contributed by atoms with Gasteiger partial charge in [-0.15, -0.1) is 0 Å². The van der Waals surface area contributed by atoms with Crippen LogP contribution in [0.2, 0.25) is 0 Å². The minimum atomic E-state index is -3.05. The van der Waals surface area contributed by atoms with Gasteiger partial charge >= 0.3 is 5.97 Å². The Morgan fingerprint density at radius 3 is 2.67 bits per heavy atom. The molecule has 0 aliphatic carbocycles. The highest BCUT2D eigenvalue weighted by atomic mass is 32.2. The van der Waals surface area contributed by atoms with Crippen LogP contribution in [0, 0.1) is 13.8 Å². The SMILES string of the molecule is Cc1cc(C(=O)OCC(=O)N[C@H]2CCS(=O)(=O)C2)c(C)o1. The van der Waals surface area contributed by atoms with Gasteiger partial charge in [-0.1, -0.05) is 0 Å². The van der Waals surface area contributed by atoms with Crippen LogP contribution in [0.5, 0.6) is 0 Å². The van der Waals surface area contributed by atoms with Crippen molar-refractivity contribution in [2.75, 3.05) is 18.1 Å². The van der Waals surface area contributed by atoms with Gasteiger partial charge in [0, 0.05) is 6.04 Å². The predicted octanol–water partition coefficient (Wildman–Crippen LogP) is 0.357. The van der Waals surface area contributed by atoms with E-state index in [9.17, 15) is 18.0 Å². The Labute approximate surface area is 122 Å². The van der Waals surface area contributed by atoms with Gasteiger partial charge < -0.3 is 14.5 Å². The molecule has 7 nitrogen and oxygen atoms in total. The van der Waals surface area contributed by atoms with Gasteiger partial charge in [-0.25, -0.2) is 13.2 Å². The average Bonchev–Trinajstić information content (AvgIpc) is 2.88. The van der Waals surface area contributed by atoms with Gasteiger partial charge in [-0.2, -0.15) is 0 Å².